The van der Waals surface area contributed by atoms with Crippen LogP contribution in [0, 0.1) is 19.8 Å². The number of pyridine rings is 1. The number of carbonyl (C=O) groups is 2. The smallest absolute Gasteiger partial charge is 0.225 e. The fourth-order valence-electron chi connectivity index (χ4n) is 4.73. The number of fused-ring (bicyclic) bond motifs is 1. The summed E-state index contributed by atoms with van der Waals surface area (Å²) < 4.78 is 1.90. The predicted octanol–water partition coefficient (Wildman–Crippen LogP) is 2.72. The largest absolute Gasteiger partial charge is 0.352 e. The van der Waals surface area contributed by atoms with E-state index in [2.05, 4.69) is 16.4 Å². The molecule has 8 heteroatoms. The molecule has 5 rings (SSSR count). The van der Waals surface area contributed by atoms with Crippen molar-refractivity contribution >= 4 is 17.5 Å². The Bertz CT molecular complexity index is 1180. The van der Waals surface area contributed by atoms with E-state index in [4.69, 9.17) is 10.1 Å². The van der Waals surface area contributed by atoms with Crippen LogP contribution in [0.1, 0.15) is 59.8 Å². The minimum absolute atomic E-state index is 0.00489. The molecule has 3 aromatic heterocycles. The van der Waals surface area contributed by atoms with E-state index >= 15 is 0 Å². The van der Waals surface area contributed by atoms with Crippen LogP contribution in [0.25, 0.3) is 5.65 Å². The number of likely N-dealkylation sites (tertiary alicyclic amines) is 1. The summed E-state index contributed by atoms with van der Waals surface area (Å²) in [5.41, 5.74) is 5.83. The summed E-state index contributed by atoms with van der Waals surface area (Å²) in [7, 11) is 0. The Balaban J connectivity index is 1.25. The second kappa shape index (κ2) is 8.92. The summed E-state index contributed by atoms with van der Waals surface area (Å²) in [6.45, 7) is 6.08. The van der Waals surface area contributed by atoms with Gasteiger partial charge in [0.2, 0.25) is 11.8 Å². The van der Waals surface area contributed by atoms with Crippen molar-refractivity contribution in [1.82, 2.24) is 29.8 Å². The first-order valence-electron chi connectivity index (χ1n) is 11.8. The number of nitrogens with zero attached hydrogens (tertiary/aromatic N) is 5. The van der Waals surface area contributed by atoms with E-state index in [0.717, 1.165) is 66.2 Å². The Morgan fingerprint density at radius 2 is 2.06 bits per heavy atom. The fourth-order valence-corrected chi connectivity index (χ4v) is 4.73. The molecule has 0 radical (unpaired) electrons. The van der Waals surface area contributed by atoms with Crippen LogP contribution in [-0.4, -0.2) is 49.4 Å². The average Bonchev–Trinajstić information content (AvgIpc) is 3.39. The second-order valence-electron chi connectivity index (χ2n) is 9.28. The van der Waals surface area contributed by atoms with Crippen LogP contribution in [0.5, 0.6) is 0 Å². The van der Waals surface area contributed by atoms with Crippen molar-refractivity contribution in [1.29, 1.82) is 0 Å². The number of carbonyl (C=O) groups excluding carboxylic acids is 2. The molecule has 1 saturated carbocycles. The zero-order valence-electron chi connectivity index (χ0n) is 19.3. The van der Waals surface area contributed by atoms with Gasteiger partial charge in [0.15, 0.2) is 5.65 Å². The molecule has 4 heterocycles. The summed E-state index contributed by atoms with van der Waals surface area (Å²) in [6, 6.07) is 5.86. The number of nitrogens with one attached hydrogen (secondary N) is 1. The predicted molar refractivity (Wildman–Crippen MR) is 124 cm³/mol. The van der Waals surface area contributed by atoms with Crippen molar-refractivity contribution in [2.75, 3.05) is 13.1 Å². The number of amides is 2. The van der Waals surface area contributed by atoms with Gasteiger partial charge in [-0.2, -0.15) is 5.10 Å². The molecule has 33 heavy (non-hydrogen) atoms. The fraction of sp³-hybridized carbons (Fsp3) is 0.480. The third-order valence-corrected chi connectivity index (χ3v) is 6.84. The summed E-state index contributed by atoms with van der Waals surface area (Å²) in [5.74, 6) is 0.845. The van der Waals surface area contributed by atoms with E-state index in [0.29, 0.717) is 25.3 Å². The molecular formula is C25H30N6O2. The number of rotatable bonds is 7. The minimum Gasteiger partial charge on any atom is -0.352 e. The van der Waals surface area contributed by atoms with E-state index in [1.54, 1.807) is 12.4 Å². The van der Waals surface area contributed by atoms with Crippen LogP contribution in [0.4, 0.5) is 0 Å². The van der Waals surface area contributed by atoms with Crippen LogP contribution in [0.2, 0.25) is 0 Å². The van der Waals surface area contributed by atoms with E-state index in [1.807, 2.05) is 35.4 Å². The monoisotopic (exact) mass is 446 g/mol. The maximum atomic E-state index is 12.4. The van der Waals surface area contributed by atoms with Crippen LogP contribution in [0.15, 0.2) is 30.6 Å². The van der Waals surface area contributed by atoms with Gasteiger partial charge in [-0.15, -0.1) is 0 Å². The Hall–Kier alpha value is -3.29. The summed E-state index contributed by atoms with van der Waals surface area (Å²) in [4.78, 5) is 35.6. The van der Waals surface area contributed by atoms with Crippen molar-refractivity contribution in [3.05, 3.63) is 58.8 Å². The van der Waals surface area contributed by atoms with Crippen molar-refractivity contribution in [3.63, 3.8) is 0 Å². The zero-order chi connectivity index (χ0) is 22.9. The molecule has 0 bridgehead atoms. The van der Waals surface area contributed by atoms with Crippen molar-refractivity contribution < 1.29 is 9.59 Å². The van der Waals surface area contributed by atoms with Crippen molar-refractivity contribution in [2.45, 2.75) is 58.4 Å². The van der Waals surface area contributed by atoms with E-state index in [1.165, 1.54) is 0 Å². The van der Waals surface area contributed by atoms with Gasteiger partial charge >= 0.3 is 0 Å². The van der Waals surface area contributed by atoms with Gasteiger partial charge in [0.25, 0.3) is 0 Å². The summed E-state index contributed by atoms with van der Waals surface area (Å²) >= 11 is 0. The van der Waals surface area contributed by atoms with Crippen LogP contribution in [-0.2, 0) is 22.6 Å². The Kier molecular flexibility index (Phi) is 5.83. The van der Waals surface area contributed by atoms with Gasteiger partial charge in [-0.1, -0.05) is 6.07 Å². The van der Waals surface area contributed by atoms with Gasteiger partial charge in [-0.05, 0) is 56.7 Å². The highest BCUT2D eigenvalue weighted by atomic mass is 16.2. The second-order valence-corrected chi connectivity index (χ2v) is 9.28. The summed E-state index contributed by atoms with van der Waals surface area (Å²) in [6.07, 6.45) is 7.52. The minimum atomic E-state index is 0.00489. The molecular weight excluding hydrogens is 416 g/mol. The lowest BCUT2D eigenvalue weighted by atomic mass is 10.1. The Morgan fingerprint density at radius 1 is 1.21 bits per heavy atom. The lowest BCUT2D eigenvalue weighted by Crippen LogP contribution is -2.29. The zero-order valence-corrected chi connectivity index (χ0v) is 19.3. The highest BCUT2D eigenvalue weighted by molar-refractivity contribution is 5.81. The molecule has 0 spiro atoms. The maximum absolute atomic E-state index is 12.4. The third-order valence-electron chi connectivity index (χ3n) is 6.84. The molecule has 2 aliphatic rings. The van der Waals surface area contributed by atoms with Crippen LogP contribution in [0.3, 0.4) is 0 Å². The van der Waals surface area contributed by atoms with Gasteiger partial charge in [0.1, 0.15) is 0 Å². The van der Waals surface area contributed by atoms with Crippen LogP contribution >= 0.6 is 0 Å². The van der Waals surface area contributed by atoms with Gasteiger partial charge < -0.3 is 10.2 Å². The Labute approximate surface area is 193 Å². The Morgan fingerprint density at radius 3 is 2.82 bits per heavy atom. The molecule has 0 aromatic carbocycles. The van der Waals surface area contributed by atoms with Crippen LogP contribution < -0.4 is 5.32 Å². The maximum Gasteiger partial charge on any atom is 0.225 e. The third kappa shape index (κ3) is 4.60. The van der Waals surface area contributed by atoms with Gasteiger partial charge in [-0.3, -0.25) is 14.6 Å². The van der Waals surface area contributed by atoms with Crippen molar-refractivity contribution in [2.24, 2.45) is 5.92 Å². The molecule has 0 unspecified atom stereocenters. The van der Waals surface area contributed by atoms with Crippen molar-refractivity contribution in [3.8, 4) is 0 Å². The highest BCUT2D eigenvalue weighted by Gasteiger charge is 2.37. The molecule has 8 nitrogen and oxygen atoms in total. The molecule has 172 valence electrons. The quantitative estimate of drug-likeness (QED) is 0.602. The molecule has 1 saturated heterocycles. The lowest BCUT2D eigenvalue weighted by molar-refractivity contribution is -0.131. The highest BCUT2D eigenvalue weighted by Crippen LogP contribution is 2.35. The first-order chi connectivity index (χ1) is 16.0. The van der Waals surface area contributed by atoms with E-state index in [9.17, 15) is 9.59 Å². The van der Waals surface area contributed by atoms with Gasteiger partial charge in [-0.25, -0.2) is 9.50 Å². The first-order valence-corrected chi connectivity index (χ1v) is 11.8. The molecule has 3 aromatic rings. The lowest BCUT2D eigenvalue weighted by Gasteiger charge is -2.15. The molecule has 1 aliphatic carbocycles. The van der Waals surface area contributed by atoms with E-state index in [-0.39, 0.29) is 17.7 Å². The molecule has 1 N–H and O–H groups in total. The number of aromatic nitrogens is 4. The molecule has 1 aliphatic heterocycles. The molecule has 2 fully saturated rings. The van der Waals surface area contributed by atoms with E-state index < -0.39 is 0 Å². The topological polar surface area (TPSA) is 92.5 Å². The summed E-state index contributed by atoms with van der Waals surface area (Å²) in [5, 5.41) is 7.82. The average molecular weight is 447 g/mol. The number of aryl methyl sites for hydroxylation is 2. The number of hydrogen-bond acceptors (Lipinski definition) is 5. The standard InChI is InChI=1S/C25H30N6O2/c1-16-21(7-8-24(32)27-14-18-4-3-10-26-13-18)17(2)31-23(28-16)12-22(29-31)20-9-11-30(15-20)25(33)19-5-6-19/h3-4,10,12-13,19-20H,5-9,11,14-15H2,1-2H3,(H,27,32)/t20-/m0/s1. The molecule has 2 amide bonds. The SMILES string of the molecule is Cc1nc2cc([C@H]3CCN(C(=O)C4CC4)C3)nn2c(C)c1CCC(=O)NCc1cccnc1. The number of hydrogen-bond donors (Lipinski definition) is 1. The van der Waals surface area contributed by atoms with Gasteiger partial charge in [0.05, 0.1) is 5.69 Å². The first kappa shape index (κ1) is 21.6. The molecule has 1 atom stereocenters. The normalized spacial score (nSPS) is 18.1. The van der Waals surface area contributed by atoms with Gasteiger partial charge in [0, 0.05) is 67.7 Å².